The average Bonchev–Trinajstić information content (AvgIpc) is 3.36. The smallest absolute Gasteiger partial charge is 0.251 e. The lowest BCUT2D eigenvalue weighted by Gasteiger charge is -2.07. The van der Waals surface area contributed by atoms with Crippen molar-refractivity contribution in [3.05, 3.63) is 77.9 Å². The number of aromatic nitrogens is 5. The van der Waals surface area contributed by atoms with Crippen LogP contribution in [-0.4, -0.2) is 30.5 Å². The van der Waals surface area contributed by atoms with E-state index in [1.807, 2.05) is 40.6 Å². The molecule has 0 spiro atoms. The fourth-order valence-electron chi connectivity index (χ4n) is 2.98. The molecule has 0 bridgehead atoms. The number of nitrogens with one attached hydrogen (secondary N) is 1. The number of hydrogen-bond donors (Lipinski definition) is 1. The largest absolute Gasteiger partial charge is 0.348 e. The van der Waals surface area contributed by atoms with Crippen LogP contribution < -0.4 is 5.32 Å². The van der Waals surface area contributed by atoms with Crippen LogP contribution in [0.2, 0.25) is 0 Å². The van der Waals surface area contributed by atoms with Gasteiger partial charge in [0, 0.05) is 37.6 Å². The van der Waals surface area contributed by atoms with Gasteiger partial charge < -0.3 is 9.88 Å². The lowest BCUT2D eigenvalue weighted by Crippen LogP contribution is -2.22. The van der Waals surface area contributed by atoms with Crippen LogP contribution in [0, 0.1) is 0 Å². The van der Waals surface area contributed by atoms with Crippen molar-refractivity contribution in [1.29, 1.82) is 0 Å². The van der Waals surface area contributed by atoms with E-state index in [0.717, 1.165) is 29.7 Å². The molecule has 2 aromatic heterocycles. The van der Waals surface area contributed by atoms with Gasteiger partial charge in [0.15, 0.2) is 0 Å². The predicted octanol–water partition coefficient (Wildman–Crippen LogP) is 2.63. The first-order chi connectivity index (χ1) is 13.2. The normalized spacial score (nSPS) is 11.0. The van der Waals surface area contributed by atoms with Gasteiger partial charge in [0.2, 0.25) is 0 Å². The van der Waals surface area contributed by atoms with Crippen molar-refractivity contribution in [3.8, 4) is 0 Å². The second-order valence-electron chi connectivity index (χ2n) is 6.34. The molecule has 0 fully saturated rings. The summed E-state index contributed by atoms with van der Waals surface area (Å²) in [5.74, 6) is -0.120. The summed E-state index contributed by atoms with van der Waals surface area (Å²) in [4.78, 5) is 16.5. The number of nitrogens with zero attached hydrogens (tertiary/aromatic N) is 5. The number of fused-ring (bicyclic) bond motifs is 1. The molecule has 2 heterocycles. The fraction of sp³-hybridized carbons (Fsp3) is 0.200. The molecule has 0 aliphatic carbocycles. The Kier molecular flexibility index (Phi) is 4.65. The zero-order valence-electron chi connectivity index (χ0n) is 15.0. The highest BCUT2D eigenvalue weighted by atomic mass is 16.1. The molecule has 7 nitrogen and oxygen atoms in total. The average molecular weight is 360 g/mol. The van der Waals surface area contributed by atoms with E-state index in [4.69, 9.17) is 0 Å². The molecule has 0 saturated carbocycles. The van der Waals surface area contributed by atoms with Crippen molar-refractivity contribution < 1.29 is 4.79 Å². The van der Waals surface area contributed by atoms with Gasteiger partial charge in [0.05, 0.1) is 11.8 Å². The number of rotatable bonds is 6. The van der Waals surface area contributed by atoms with Gasteiger partial charge >= 0.3 is 0 Å². The van der Waals surface area contributed by atoms with E-state index in [-0.39, 0.29) is 5.91 Å². The number of imidazole rings is 1. The topological polar surface area (TPSA) is 77.6 Å². The van der Waals surface area contributed by atoms with Crippen LogP contribution in [0.25, 0.3) is 11.0 Å². The highest BCUT2D eigenvalue weighted by molar-refractivity contribution is 5.97. The molecular weight excluding hydrogens is 340 g/mol. The van der Waals surface area contributed by atoms with Crippen LogP contribution in [0.4, 0.5) is 0 Å². The predicted molar refractivity (Wildman–Crippen MR) is 102 cm³/mol. The minimum atomic E-state index is -0.120. The maximum Gasteiger partial charge on any atom is 0.251 e. The van der Waals surface area contributed by atoms with Crippen LogP contribution >= 0.6 is 0 Å². The van der Waals surface area contributed by atoms with Crippen LogP contribution in [0.3, 0.4) is 0 Å². The fourth-order valence-corrected chi connectivity index (χ4v) is 2.98. The van der Waals surface area contributed by atoms with Crippen LogP contribution in [-0.2, 0) is 19.6 Å². The first-order valence-corrected chi connectivity index (χ1v) is 8.88. The molecule has 0 aliphatic heterocycles. The van der Waals surface area contributed by atoms with E-state index in [9.17, 15) is 4.79 Å². The van der Waals surface area contributed by atoms with Gasteiger partial charge in [0.1, 0.15) is 5.52 Å². The minimum Gasteiger partial charge on any atom is -0.348 e. The van der Waals surface area contributed by atoms with Gasteiger partial charge in [-0.2, -0.15) is 0 Å². The first-order valence-electron chi connectivity index (χ1n) is 8.88. The number of hydrogen-bond acceptors (Lipinski definition) is 4. The maximum atomic E-state index is 12.4. The van der Waals surface area contributed by atoms with Crippen LogP contribution in [0.15, 0.2) is 61.2 Å². The Bertz CT molecular complexity index is 1050. The molecule has 27 heavy (non-hydrogen) atoms. The van der Waals surface area contributed by atoms with Crippen molar-refractivity contribution in [2.45, 2.75) is 26.6 Å². The SMILES string of the molecule is CCn1nnc2cc(C(=O)NCc3ccc(Cn4ccnc4)cc3)ccc21. The molecule has 136 valence electrons. The summed E-state index contributed by atoms with van der Waals surface area (Å²) in [6.07, 6.45) is 5.50. The van der Waals surface area contributed by atoms with E-state index >= 15 is 0 Å². The Morgan fingerprint density at radius 2 is 1.93 bits per heavy atom. The second kappa shape index (κ2) is 7.41. The van der Waals surface area contributed by atoms with Crippen LogP contribution in [0.1, 0.15) is 28.4 Å². The zero-order valence-corrected chi connectivity index (χ0v) is 15.0. The second-order valence-corrected chi connectivity index (χ2v) is 6.34. The molecule has 2 aromatic carbocycles. The third kappa shape index (κ3) is 3.72. The molecule has 4 aromatic rings. The van der Waals surface area contributed by atoms with Crippen molar-refractivity contribution in [1.82, 2.24) is 29.9 Å². The summed E-state index contributed by atoms with van der Waals surface area (Å²) in [6.45, 7) is 4.02. The number of amides is 1. The van der Waals surface area contributed by atoms with E-state index in [0.29, 0.717) is 12.1 Å². The summed E-state index contributed by atoms with van der Waals surface area (Å²) >= 11 is 0. The Balaban J connectivity index is 1.38. The first kappa shape index (κ1) is 17.0. The minimum absolute atomic E-state index is 0.120. The zero-order chi connectivity index (χ0) is 18.6. The molecule has 0 atom stereocenters. The highest BCUT2D eigenvalue weighted by Gasteiger charge is 2.09. The summed E-state index contributed by atoms with van der Waals surface area (Å²) in [6, 6.07) is 13.7. The molecule has 1 N–H and O–H groups in total. The molecule has 0 unspecified atom stereocenters. The van der Waals surface area contributed by atoms with Crippen molar-refractivity contribution >= 4 is 16.9 Å². The molecular formula is C20H20N6O. The monoisotopic (exact) mass is 360 g/mol. The van der Waals surface area contributed by atoms with Crippen molar-refractivity contribution in [2.75, 3.05) is 0 Å². The van der Waals surface area contributed by atoms with Gasteiger partial charge in [0.25, 0.3) is 5.91 Å². The number of carbonyl (C=O) groups excluding carboxylic acids is 1. The summed E-state index contributed by atoms with van der Waals surface area (Å²) < 4.78 is 3.82. The lowest BCUT2D eigenvalue weighted by molar-refractivity contribution is 0.0951. The number of carbonyl (C=O) groups is 1. The molecule has 1 amide bonds. The van der Waals surface area contributed by atoms with Gasteiger partial charge in [-0.05, 0) is 36.2 Å². The van der Waals surface area contributed by atoms with Gasteiger partial charge in [-0.25, -0.2) is 9.67 Å². The number of benzene rings is 2. The summed E-state index contributed by atoms with van der Waals surface area (Å²) in [5, 5.41) is 11.1. The molecule has 4 rings (SSSR count). The summed E-state index contributed by atoms with van der Waals surface area (Å²) in [7, 11) is 0. The Morgan fingerprint density at radius 1 is 1.11 bits per heavy atom. The van der Waals surface area contributed by atoms with Crippen LogP contribution in [0.5, 0.6) is 0 Å². The Hall–Kier alpha value is -3.48. The highest BCUT2D eigenvalue weighted by Crippen LogP contribution is 2.14. The molecule has 0 saturated heterocycles. The lowest BCUT2D eigenvalue weighted by atomic mass is 10.1. The quantitative estimate of drug-likeness (QED) is 0.573. The molecule has 7 heteroatoms. The standard InChI is InChI=1S/C20H20N6O/c1-2-26-19-8-7-17(11-18(19)23-24-26)20(27)22-12-15-3-5-16(6-4-15)13-25-10-9-21-14-25/h3-11,14H,2,12-13H2,1H3,(H,22,27). The van der Waals surface area contributed by atoms with E-state index in [2.05, 4.69) is 32.7 Å². The Morgan fingerprint density at radius 3 is 2.67 bits per heavy atom. The third-order valence-electron chi connectivity index (χ3n) is 4.48. The molecule has 0 radical (unpaired) electrons. The van der Waals surface area contributed by atoms with Crippen molar-refractivity contribution in [2.24, 2.45) is 0 Å². The van der Waals surface area contributed by atoms with Gasteiger partial charge in [-0.3, -0.25) is 4.79 Å². The summed E-state index contributed by atoms with van der Waals surface area (Å²) in [5.41, 5.74) is 4.49. The van der Waals surface area contributed by atoms with E-state index < -0.39 is 0 Å². The maximum absolute atomic E-state index is 12.4. The van der Waals surface area contributed by atoms with Gasteiger partial charge in [-0.1, -0.05) is 29.5 Å². The van der Waals surface area contributed by atoms with Crippen molar-refractivity contribution in [3.63, 3.8) is 0 Å². The number of aryl methyl sites for hydroxylation is 1. The van der Waals surface area contributed by atoms with Gasteiger partial charge in [-0.15, -0.1) is 5.10 Å². The van der Waals surface area contributed by atoms with E-state index in [1.165, 1.54) is 5.56 Å². The molecule has 0 aliphatic rings. The third-order valence-corrected chi connectivity index (χ3v) is 4.48. The van der Waals surface area contributed by atoms with E-state index in [1.54, 1.807) is 24.7 Å². The Labute approximate surface area is 156 Å².